The van der Waals surface area contributed by atoms with Crippen molar-refractivity contribution in [2.24, 2.45) is 0 Å². The summed E-state index contributed by atoms with van der Waals surface area (Å²) in [4.78, 5) is 0. The summed E-state index contributed by atoms with van der Waals surface area (Å²) in [5.41, 5.74) is 0.140. The molecule has 1 fully saturated rings. The van der Waals surface area contributed by atoms with Gasteiger partial charge in [0.2, 0.25) is 0 Å². The molecular weight excluding hydrogens is 216 g/mol. The Hall–Kier alpha value is -0.120. The molecule has 1 aliphatic carbocycles. The lowest BCUT2D eigenvalue weighted by Crippen LogP contribution is -2.43. The van der Waals surface area contributed by atoms with Crippen LogP contribution in [0.3, 0.4) is 0 Å². The summed E-state index contributed by atoms with van der Waals surface area (Å²) in [7, 11) is 0. The summed E-state index contributed by atoms with van der Waals surface area (Å²) < 4.78 is 11.7. The highest BCUT2D eigenvalue weighted by molar-refractivity contribution is 4.90. The highest BCUT2D eigenvalue weighted by atomic mass is 16.6. The molecule has 1 rings (SSSR count). The molecule has 1 N–H and O–H groups in total. The van der Waals surface area contributed by atoms with E-state index in [2.05, 4.69) is 13.8 Å². The van der Waals surface area contributed by atoms with Gasteiger partial charge in [0.25, 0.3) is 0 Å². The van der Waals surface area contributed by atoms with E-state index in [-0.39, 0.29) is 24.4 Å². The Bertz CT molecular complexity index is 202. The zero-order valence-electron chi connectivity index (χ0n) is 11.6. The summed E-state index contributed by atoms with van der Waals surface area (Å²) in [6, 6.07) is 0. The molecule has 0 heterocycles. The second-order valence-electron chi connectivity index (χ2n) is 5.40. The summed E-state index contributed by atoms with van der Waals surface area (Å²) >= 11 is 0. The largest absolute Gasteiger partial charge is 0.394 e. The van der Waals surface area contributed by atoms with Gasteiger partial charge in [0.1, 0.15) is 0 Å². The van der Waals surface area contributed by atoms with E-state index in [0.29, 0.717) is 6.61 Å². The lowest BCUT2D eigenvalue weighted by Gasteiger charge is -2.44. The first-order chi connectivity index (χ1) is 8.12. The van der Waals surface area contributed by atoms with E-state index in [1.54, 1.807) is 0 Å². The van der Waals surface area contributed by atoms with E-state index >= 15 is 0 Å². The van der Waals surface area contributed by atoms with Gasteiger partial charge in [-0.1, -0.05) is 19.8 Å². The minimum absolute atomic E-state index is 0.0771. The smallest absolute Gasteiger partial charge is 0.0788 e. The number of unbranched alkanes of at least 4 members (excludes halogenated alkanes) is 1. The third-order valence-electron chi connectivity index (χ3n) is 3.57. The van der Waals surface area contributed by atoms with Crippen LogP contribution in [0.2, 0.25) is 0 Å². The van der Waals surface area contributed by atoms with Crippen LogP contribution in [-0.4, -0.2) is 36.1 Å². The molecule has 0 spiro atoms. The van der Waals surface area contributed by atoms with Gasteiger partial charge in [0.15, 0.2) is 0 Å². The highest BCUT2D eigenvalue weighted by Crippen LogP contribution is 2.40. The summed E-state index contributed by atoms with van der Waals surface area (Å²) in [5.74, 6) is 0. The Morgan fingerprint density at radius 2 is 1.94 bits per heavy atom. The molecule has 0 radical (unpaired) electrons. The van der Waals surface area contributed by atoms with E-state index in [4.69, 9.17) is 14.6 Å². The van der Waals surface area contributed by atoms with Gasteiger partial charge < -0.3 is 14.6 Å². The summed E-state index contributed by atoms with van der Waals surface area (Å²) in [6.45, 7) is 6.82. The fraction of sp³-hybridized carbons (Fsp3) is 1.00. The number of aliphatic hydroxyl groups is 1. The molecular formula is C14H28O3. The molecule has 2 atom stereocenters. The Balaban J connectivity index is 2.25. The molecule has 0 aliphatic heterocycles. The maximum Gasteiger partial charge on any atom is 0.0788 e. The lowest BCUT2D eigenvalue weighted by molar-refractivity contribution is -0.161. The molecule has 3 heteroatoms. The van der Waals surface area contributed by atoms with Crippen molar-refractivity contribution < 1.29 is 14.6 Å². The van der Waals surface area contributed by atoms with Gasteiger partial charge in [-0.2, -0.15) is 0 Å². The van der Waals surface area contributed by atoms with Crippen molar-refractivity contribution in [2.45, 2.75) is 77.1 Å². The van der Waals surface area contributed by atoms with Crippen LogP contribution in [0.4, 0.5) is 0 Å². The predicted octanol–water partition coefficient (Wildman–Crippen LogP) is 2.90. The minimum Gasteiger partial charge on any atom is -0.394 e. The second-order valence-corrected chi connectivity index (χ2v) is 5.40. The average Bonchev–Trinajstić information content (AvgIpc) is 2.29. The minimum atomic E-state index is -0.0889. The second kappa shape index (κ2) is 7.34. The van der Waals surface area contributed by atoms with Crippen molar-refractivity contribution in [2.75, 3.05) is 13.2 Å². The van der Waals surface area contributed by atoms with Crippen molar-refractivity contribution in [1.29, 1.82) is 0 Å². The van der Waals surface area contributed by atoms with Gasteiger partial charge in [0.05, 0.1) is 31.0 Å². The Labute approximate surface area is 105 Å². The van der Waals surface area contributed by atoms with E-state index in [0.717, 1.165) is 0 Å². The van der Waals surface area contributed by atoms with Crippen LogP contribution in [0.1, 0.15) is 59.3 Å². The number of ether oxygens (including phenoxy) is 2. The van der Waals surface area contributed by atoms with Crippen molar-refractivity contribution in [1.82, 2.24) is 0 Å². The van der Waals surface area contributed by atoms with Gasteiger partial charge in [-0.3, -0.25) is 0 Å². The van der Waals surface area contributed by atoms with Gasteiger partial charge >= 0.3 is 0 Å². The first-order valence-electron chi connectivity index (χ1n) is 7.02. The molecule has 0 aromatic heterocycles. The van der Waals surface area contributed by atoms with Crippen LogP contribution < -0.4 is 0 Å². The Kier molecular flexibility index (Phi) is 6.45. The first kappa shape index (κ1) is 14.9. The number of hydrogen-bond acceptors (Lipinski definition) is 3. The van der Waals surface area contributed by atoms with E-state index < -0.39 is 0 Å². The SMILES string of the molecule is CCCCC1(OC(C)COC(C)CO)CCC1. The first-order valence-corrected chi connectivity index (χ1v) is 7.02. The normalized spacial score (nSPS) is 21.9. The zero-order valence-corrected chi connectivity index (χ0v) is 11.6. The van der Waals surface area contributed by atoms with E-state index in [9.17, 15) is 0 Å². The predicted molar refractivity (Wildman–Crippen MR) is 69.2 cm³/mol. The standard InChI is InChI=1S/C14H28O3/c1-4-5-7-14(8-6-9-14)17-13(3)11-16-12(2)10-15/h12-13,15H,4-11H2,1-3H3. The monoisotopic (exact) mass is 244 g/mol. The molecule has 0 bridgehead atoms. The van der Waals surface area contributed by atoms with Gasteiger partial charge in [-0.25, -0.2) is 0 Å². The van der Waals surface area contributed by atoms with Crippen LogP contribution in [0.15, 0.2) is 0 Å². The van der Waals surface area contributed by atoms with Crippen molar-refractivity contribution >= 4 is 0 Å². The molecule has 0 aromatic rings. The van der Waals surface area contributed by atoms with Crippen molar-refractivity contribution in [3.63, 3.8) is 0 Å². The highest BCUT2D eigenvalue weighted by Gasteiger charge is 2.38. The summed E-state index contributed by atoms with van der Waals surface area (Å²) in [6.07, 6.45) is 7.40. The van der Waals surface area contributed by atoms with Gasteiger partial charge in [0, 0.05) is 0 Å². The summed E-state index contributed by atoms with van der Waals surface area (Å²) in [5, 5.41) is 8.89. The quantitative estimate of drug-likeness (QED) is 0.678. The van der Waals surface area contributed by atoms with E-state index in [1.807, 2.05) is 6.92 Å². The molecule has 2 unspecified atom stereocenters. The van der Waals surface area contributed by atoms with Crippen LogP contribution >= 0.6 is 0 Å². The third kappa shape index (κ3) is 4.94. The maximum absolute atomic E-state index is 8.89. The van der Waals surface area contributed by atoms with Crippen LogP contribution in [0.25, 0.3) is 0 Å². The molecule has 1 saturated carbocycles. The average molecular weight is 244 g/mol. The van der Waals surface area contributed by atoms with Crippen LogP contribution in [0, 0.1) is 0 Å². The molecule has 0 aromatic carbocycles. The van der Waals surface area contributed by atoms with Gasteiger partial charge in [-0.05, 0) is 39.5 Å². The number of rotatable bonds is 9. The molecule has 0 saturated heterocycles. The molecule has 102 valence electrons. The fourth-order valence-electron chi connectivity index (χ4n) is 2.31. The van der Waals surface area contributed by atoms with Gasteiger partial charge in [-0.15, -0.1) is 0 Å². The Morgan fingerprint density at radius 1 is 1.24 bits per heavy atom. The lowest BCUT2D eigenvalue weighted by atomic mass is 9.76. The van der Waals surface area contributed by atoms with Crippen molar-refractivity contribution in [3.05, 3.63) is 0 Å². The van der Waals surface area contributed by atoms with Crippen molar-refractivity contribution in [3.8, 4) is 0 Å². The molecule has 3 nitrogen and oxygen atoms in total. The van der Waals surface area contributed by atoms with Crippen LogP contribution in [-0.2, 0) is 9.47 Å². The zero-order chi connectivity index (χ0) is 12.7. The molecule has 17 heavy (non-hydrogen) atoms. The Morgan fingerprint density at radius 3 is 2.41 bits per heavy atom. The third-order valence-corrected chi connectivity index (χ3v) is 3.57. The number of aliphatic hydroxyl groups excluding tert-OH is 1. The topological polar surface area (TPSA) is 38.7 Å². The molecule has 0 amide bonds. The van der Waals surface area contributed by atoms with Crippen LogP contribution in [0.5, 0.6) is 0 Å². The van der Waals surface area contributed by atoms with E-state index in [1.165, 1.54) is 38.5 Å². The fourth-order valence-corrected chi connectivity index (χ4v) is 2.31. The molecule has 1 aliphatic rings. The maximum atomic E-state index is 8.89. The number of hydrogen-bond donors (Lipinski definition) is 1.